The summed E-state index contributed by atoms with van der Waals surface area (Å²) >= 11 is 0. The molecule has 2 amide bonds. The van der Waals surface area contributed by atoms with E-state index >= 15 is 0 Å². The van der Waals surface area contributed by atoms with E-state index in [9.17, 15) is 9.59 Å². The van der Waals surface area contributed by atoms with Gasteiger partial charge in [0.2, 0.25) is 11.8 Å². The second kappa shape index (κ2) is 4.85. The predicted octanol–water partition coefficient (Wildman–Crippen LogP) is 1.01. The SMILES string of the molecule is CCCCN1CC(=O)N2CCCCC2C1=O. The van der Waals surface area contributed by atoms with E-state index in [1.54, 1.807) is 9.80 Å². The first-order valence-corrected chi connectivity index (χ1v) is 6.32. The topological polar surface area (TPSA) is 40.6 Å². The van der Waals surface area contributed by atoms with E-state index < -0.39 is 0 Å². The average molecular weight is 224 g/mol. The number of nitrogens with zero attached hydrogens (tertiary/aromatic N) is 2. The molecular formula is C12H20N2O2. The van der Waals surface area contributed by atoms with Crippen molar-refractivity contribution in [2.24, 2.45) is 0 Å². The molecule has 1 atom stereocenters. The number of rotatable bonds is 3. The molecule has 2 saturated heterocycles. The van der Waals surface area contributed by atoms with E-state index in [1.165, 1.54) is 0 Å². The van der Waals surface area contributed by atoms with E-state index in [1.807, 2.05) is 0 Å². The summed E-state index contributed by atoms with van der Waals surface area (Å²) in [6, 6.07) is -0.146. The van der Waals surface area contributed by atoms with Gasteiger partial charge in [0, 0.05) is 13.1 Å². The van der Waals surface area contributed by atoms with Crippen molar-refractivity contribution in [2.75, 3.05) is 19.6 Å². The minimum Gasteiger partial charge on any atom is -0.332 e. The van der Waals surface area contributed by atoms with Crippen molar-refractivity contribution < 1.29 is 9.59 Å². The van der Waals surface area contributed by atoms with E-state index in [2.05, 4.69) is 6.92 Å². The molecule has 2 aliphatic rings. The summed E-state index contributed by atoms with van der Waals surface area (Å²) in [6.07, 6.45) is 5.03. The van der Waals surface area contributed by atoms with Crippen LogP contribution >= 0.6 is 0 Å². The first-order chi connectivity index (χ1) is 7.74. The molecule has 4 nitrogen and oxygen atoms in total. The van der Waals surface area contributed by atoms with E-state index in [0.29, 0.717) is 6.54 Å². The van der Waals surface area contributed by atoms with Crippen molar-refractivity contribution in [1.29, 1.82) is 0 Å². The number of hydrogen-bond donors (Lipinski definition) is 0. The first-order valence-electron chi connectivity index (χ1n) is 6.32. The summed E-state index contributed by atoms with van der Waals surface area (Å²) in [5.41, 5.74) is 0. The summed E-state index contributed by atoms with van der Waals surface area (Å²) in [5.74, 6) is 0.313. The van der Waals surface area contributed by atoms with Crippen LogP contribution in [0.4, 0.5) is 0 Å². The second-order valence-electron chi connectivity index (χ2n) is 4.71. The van der Waals surface area contributed by atoms with Crippen LogP contribution in [-0.2, 0) is 9.59 Å². The van der Waals surface area contributed by atoms with E-state index in [4.69, 9.17) is 0 Å². The zero-order valence-electron chi connectivity index (χ0n) is 9.95. The number of hydrogen-bond acceptors (Lipinski definition) is 2. The fraction of sp³-hybridized carbons (Fsp3) is 0.833. The molecule has 0 aromatic heterocycles. The Morgan fingerprint density at radius 2 is 2.12 bits per heavy atom. The standard InChI is InChI=1S/C12H20N2O2/c1-2-3-7-13-9-11(15)14-8-5-4-6-10(14)12(13)16/h10H,2-9H2,1H3. The Balaban J connectivity index is 2.04. The average Bonchev–Trinajstić information content (AvgIpc) is 2.32. The lowest BCUT2D eigenvalue weighted by Gasteiger charge is -2.42. The normalized spacial score (nSPS) is 25.9. The molecule has 16 heavy (non-hydrogen) atoms. The molecule has 90 valence electrons. The molecule has 2 heterocycles. The monoisotopic (exact) mass is 224 g/mol. The zero-order valence-corrected chi connectivity index (χ0v) is 9.95. The third kappa shape index (κ3) is 2.06. The van der Waals surface area contributed by atoms with Gasteiger partial charge in [-0.2, -0.15) is 0 Å². The van der Waals surface area contributed by atoms with Crippen molar-refractivity contribution >= 4 is 11.8 Å². The molecule has 0 aromatic rings. The molecule has 1 unspecified atom stereocenters. The van der Waals surface area contributed by atoms with Gasteiger partial charge in [-0.3, -0.25) is 9.59 Å². The largest absolute Gasteiger partial charge is 0.332 e. The fourth-order valence-electron chi connectivity index (χ4n) is 2.57. The number of amides is 2. The molecule has 0 spiro atoms. The molecule has 2 aliphatic heterocycles. The van der Waals surface area contributed by atoms with Crippen molar-refractivity contribution in [3.05, 3.63) is 0 Å². The third-order valence-corrected chi connectivity index (χ3v) is 3.53. The molecule has 4 heteroatoms. The lowest BCUT2D eigenvalue weighted by Crippen LogP contribution is -2.61. The molecule has 0 aliphatic carbocycles. The zero-order chi connectivity index (χ0) is 11.5. The molecule has 0 radical (unpaired) electrons. The third-order valence-electron chi connectivity index (χ3n) is 3.53. The Kier molecular flexibility index (Phi) is 3.46. The van der Waals surface area contributed by atoms with Gasteiger partial charge in [-0.15, -0.1) is 0 Å². The van der Waals surface area contributed by atoms with Crippen LogP contribution in [-0.4, -0.2) is 47.3 Å². The highest BCUT2D eigenvalue weighted by Gasteiger charge is 2.39. The quantitative estimate of drug-likeness (QED) is 0.718. The summed E-state index contributed by atoms with van der Waals surface area (Å²) in [4.78, 5) is 27.6. The summed E-state index contributed by atoms with van der Waals surface area (Å²) in [6.45, 7) is 3.92. The number of carbonyl (C=O) groups excluding carboxylic acids is 2. The van der Waals surface area contributed by atoms with Crippen LogP contribution < -0.4 is 0 Å². The summed E-state index contributed by atoms with van der Waals surface area (Å²) in [7, 11) is 0. The number of fused-ring (bicyclic) bond motifs is 1. The van der Waals surface area contributed by atoms with Gasteiger partial charge in [0.05, 0.1) is 6.54 Å². The van der Waals surface area contributed by atoms with Gasteiger partial charge in [-0.1, -0.05) is 13.3 Å². The second-order valence-corrected chi connectivity index (χ2v) is 4.71. The summed E-state index contributed by atoms with van der Waals surface area (Å²) in [5, 5.41) is 0. The fourth-order valence-corrected chi connectivity index (χ4v) is 2.57. The van der Waals surface area contributed by atoms with Crippen molar-refractivity contribution in [3.8, 4) is 0 Å². The van der Waals surface area contributed by atoms with Gasteiger partial charge in [-0.05, 0) is 25.7 Å². The molecule has 0 N–H and O–H groups in total. The smallest absolute Gasteiger partial charge is 0.245 e. The molecule has 0 saturated carbocycles. The lowest BCUT2D eigenvalue weighted by molar-refractivity contribution is -0.157. The van der Waals surface area contributed by atoms with Crippen LogP contribution in [0.25, 0.3) is 0 Å². The first kappa shape index (κ1) is 11.4. The van der Waals surface area contributed by atoms with Crippen molar-refractivity contribution in [1.82, 2.24) is 9.80 Å². The van der Waals surface area contributed by atoms with Crippen LogP contribution in [0.15, 0.2) is 0 Å². The van der Waals surface area contributed by atoms with E-state index in [0.717, 1.165) is 45.2 Å². The lowest BCUT2D eigenvalue weighted by atomic mass is 9.98. The van der Waals surface area contributed by atoms with Gasteiger partial charge in [0.15, 0.2) is 0 Å². The van der Waals surface area contributed by atoms with Crippen LogP contribution in [0.5, 0.6) is 0 Å². The Morgan fingerprint density at radius 3 is 2.88 bits per heavy atom. The molecule has 0 aromatic carbocycles. The minimum atomic E-state index is -0.146. The molecular weight excluding hydrogens is 204 g/mol. The van der Waals surface area contributed by atoms with Gasteiger partial charge < -0.3 is 9.80 Å². The Labute approximate surface area is 96.6 Å². The Hall–Kier alpha value is -1.06. The van der Waals surface area contributed by atoms with Crippen LogP contribution in [0.1, 0.15) is 39.0 Å². The number of unbranched alkanes of at least 4 members (excludes halogenated alkanes) is 1. The Morgan fingerprint density at radius 1 is 1.31 bits per heavy atom. The van der Waals surface area contributed by atoms with Crippen LogP contribution in [0.2, 0.25) is 0 Å². The highest BCUT2D eigenvalue weighted by Crippen LogP contribution is 2.23. The van der Waals surface area contributed by atoms with Crippen LogP contribution in [0.3, 0.4) is 0 Å². The Bertz CT molecular complexity index is 291. The minimum absolute atomic E-state index is 0.139. The maximum atomic E-state index is 12.1. The van der Waals surface area contributed by atoms with Crippen molar-refractivity contribution in [3.63, 3.8) is 0 Å². The maximum absolute atomic E-state index is 12.1. The highest BCUT2D eigenvalue weighted by atomic mass is 16.2. The molecule has 0 bridgehead atoms. The number of piperazine rings is 1. The van der Waals surface area contributed by atoms with E-state index in [-0.39, 0.29) is 17.9 Å². The van der Waals surface area contributed by atoms with Gasteiger partial charge in [0.25, 0.3) is 0 Å². The number of piperidine rings is 1. The van der Waals surface area contributed by atoms with Gasteiger partial charge in [0.1, 0.15) is 6.04 Å². The molecule has 2 fully saturated rings. The van der Waals surface area contributed by atoms with Gasteiger partial charge >= 0.3 is 0 Å². The van der Waals surface area contributed by atoms with Gasteiger partial charge in [-0.25, -0.2) is 0 Å². The molecule has 2 rings (SSSR count). The number of carbonyl (C=O) groups is 2. The predicted molar refractivity (Wildman–Crippen MR) is 60.8 cm³/mol. The maximum Gasteiger partial charge on any atom is 0.245 e. The van der Waals surface area contributed by atoms with Crippen molar-refractivity contribution in [2.45, 2.75) is 45.1 Å². The summed E-state index contributed by atoms with van der Waals surface area (Å²) < 4.78 is 0. The van der Waals surface area contributed by atoms with Crippen LogP contribution in [0, 0.1) is 0 Å². The highest BCUT2D eigenvalue weighted by molar-refractivity contribution is 5.95.